The van der Waals surface area contributed by atoms with Crippen LogP contribution in [0.3, 0.4) is 0 Å². The van der Waals surface area contributed by atoms with Gasteiger partial charge in [-0.25, -0.2) is 4.79 Å². The van der Waals surface area contributed by atoms with Crippen molar-refractivity contribution < 1.29 is 23.8 Å². The van der Waals surface area contributed by atoms with Crippen molar-refractivity contribution in [3.63, 3.8) is 0 Å². The van der Waals surface area contributed by atoms with E-state index in [1.165, 1.54) is 6.92 Å². The van der Waals surface area contributed by atoms with E-state index in [2.05, 4.69) is 5.32 Å². The fourth-order valence-electron chi connectivity index (χ4n) is 2.20. The molecule has 1 amide bonds. The minimum absolute atomic E-state index is 0.311. The summed E-state index contributed by atoms with van der Waals surface area (Å²) in [7, 11) is 0. The van der Waals surface area contributed by atoms with Crippen molar-refractivity contribution in [2.45, 2.75) is 33.3 Å². The van der Waals surface area contributed by atoms with Gasteiger partial charge in [0.05, 0.1) is 6.61 Å². The molecule has 0 spiro atoms. The van der Waals surface area contributed by atoms with Gasteiger partial charge < -0.3 is 19.5 Å². The van der Waals surface area contributed by atoms with E-state index in [4.69, 9.17) is 14.2 Å². The monoisotopic (exact) mass is 371 g/mol. The molecule has 0 saturated carbocycles. The Balaban J connectivity index is 1.82. The minimum atomic E-state index is -0.936. The number of nitrogens with one attached hydrogen (secondary N) is 1. The van der Waals surface area contributed by atoms with Crippen LogP contribution in [0, 0.1) is 6.92 Å². The van der Waals surface area contributed by atoms with Gasteiger partial charge in [-0.2, -0.15) is 0 Å². The molecule has 1 atom stereocenters. The van der Waals surface area contributed by atoms with Gasteiger partial charge in [0, 0.05) is 5.69 Å². The number of ether oxygens (including phenoxy) is 3. The van der Waals surface area contributed by atoms with Crippen LogP contribution in [-0.4, -0.2) is 31.2 Å². The zero-order valence-electron chi connectivity index (χ0n) is 15.9. The number of hydrogen-bond acceptors (Lipinski definition) is 5. The van der Waals surface area contributed by atoms with Gasteiger partial charge in [-0.3, -0.25) is 4.79 Å². The molecular formula is C21H25NO5. The van der Waals surface area contributed by atoms with E-state index in [0.717, 1.165) is 12.0 Å². The van der Waals surface area contributed by atoms with Crippen molar-refractivity contribution in [1.82, 2.24) is 0 Å². The van der Waals surface area contributed by atoms with E-state index in [9.17, 15) is 9.59 Å². The first-order valence-electron chi connectivity index (χ1n) is 8.91. The highest BCUT2D eigenvalue weighted by Gasteiger charge is 2.18. The SMILES string of the molecule is CCCOc1ccccc1OCC(=O)O[C@H](C)C(=O)Nc1ccc(C)cc1. The summed E-state index contributed by atoms with van der Waals surface area (Å²) in [6, 6.07) is 14.5. The largest absolute Gasteiger partial charge is 0.490 e. The van der Waals surface area contributed by atoms with Gasteiger partial charge in [0.2, 0.25) is 0 Å². The maximum absolute atomic E-state index is 12.1. The molecule has 0 bridgehead atoms. The molecular weight excluding hydrogens is 346 g/mol. The molecule has 27 heavy (non-hydrogen) atoms. The van der Waals surface area contributed by atoms with Crippen LogP contribution in [0.1, 0.15) is 25.8 Å². The average molecular weight is 371 g/mol. The Hall–Kier alpha value is -3.02. The van der Waals surface area contributed by atoms with Gasteiger partial charge in [0.1, 0.15) is 0 Å². The number of anilines is 1. The van der Waals surface area contributed by atoms with E-state index < -0.39 is 18.0 Å². The predicted molar refractivity (Wildman–Crippen MR) is 103 cm³/mol. The number of rotatable bonds is 9. The zero-order chi connectivity index (χ0) is 19.6. The topological polar surface area (TPSA) is 73.9 Å². The highest BCUT2D eigenvalue weighted by molar-refractivity contribution is 5.95. The molecule has 2 rings (SSSR count). The van der Waals surface area contributed by atoms with E-state index in [0.29, 0.717) is 23.8 Å². The Morgan fingerprint density at radius 1 is 1.00 bits per heavy atom. The van der Waals surface area contributed by atoms with Crippen molar-refractivity contribution in [2.75, 3.05) is 18.5 Å². The first-order valence-corrected chi connectivity index (χ1v) is 8.91. The van der Waals surface area contributed by atoms with Gasteiger partial charge in [-0.05, 0) is 44.5 Å². The standard InChI is InChI=1S/C21H25NO5/c1-4-13-25-18-7-5-6-8-19(18)26-14-20(23)27-16(3)21(24)22-17-11-9-15(2)10-12-17/h5-12,16H,4,13-14H2,1-3H3,(H,22,24)/t16-/m1/s1. The fourth-order valence-corrected chi connectivity index (χ4v) is 2.20. The van der Waals surface area contributed by atoms with Crippen LogP contribution in [0.5, 0.6) is 11.5 Å². The third-order valence-corrected chi connectivity index (χ3v) is 3.65. The number of amides is 1. The van der Waals surface area contributed by atoms with Crippen LogP contribution in [0.2, 0.25) is 0 Å². The molecule has 144 valence electrons. The fraction of sp³-hybridized carbons (Fsp3) is 0.333. The lowest BCUT2D eigenvalue weighted by Gasteiger charge is -2.15. The molecule has 0 aliphatic rings. The smallest absolute Gasteiger partial charge is 0.344 e. The molecule has 0 saturated heterocycles. The Morgan fingerprint density at radius 2 is 1.63 bits per heavy atom. The van der Waals surface area contributed by atoms with Crippen LogP contribution >= 0.6 is 0 Å². The van der Waals surface area contributed by atoms with Gasteiger partial charge >= 0.3 is 5.97 Å². The second kappa shape index (κ2) is 10.2. The minimum Gasteiger partial charge on any atom is -0.490 e. The predicted octanol–water partition coefficient (Wildman–Crippen LogP) is 3.73. The second-order valence-corrected chi connectivity index (χ2v) is 6.07. The maximum atomic E-state index is 12.1. The molecule has 0 fully saturated rings. The Morgan fingerprint density at radius 3 is 2.26 bits per heavy atom. The Bertz CT molecular complexity index is 757. The number of aryl methyl sites for hydroxylation is 1. The molecule has 0 aliphatic carbocycles. The number of carbonyl (C=O) groups is 2. The highest BCUT2D eigenvalue weighted by Crippen LogP contribution is 2.26. The van der Waals surface area contributed by atoms with Crippen molar-refractivity contribution in [3.8, 4) is 11.5 Å². The molecule has 0 aliphatic heterocycles. The lowest BCUT2D eigenvalue weighted by molar-refractivity contribution is -0.155. The van der Waals surface area contributed by atoms with Crippen LogP contribution in [0.25, 0.3) is 0 Å². The van der Waals surface area contributed by atoms with Crippen molar-refractivity contribution in [1.29, 1.82) is 0 Å². The lowest BCUT2D eigenvalue weighted by atomic mass is 10.2. The van der Waals surface area contributed by atoms with Crippen molar-refractivity contribution in [3.05, 3.63) is 54.1 Å². The molecule has 6 nitrogen and oxygen atoms in total. The summed E-state index contributed by atoms with van der Waals surface area (Å²) in [6.07, 6.45) is -0.0711. The Labute approximate surface area is 159 Å². The summed E-state index contributed by atoms with van der Waals surface area (Å²) in [5.41, 5.74) is 1.74. The van der Waals surface area contributed by atoms with E-state index in [-0.39, 0.29) is 6.61 Å². The molecule has 0 aromatic heterocycles. The summed E-state index contributed by atoms with van der Waals surface area (Å²) in [5, 5.41) is 2.70. The zero-order valence-corrected chi connectivity index (χ0v) is 15.9. The van der Waals surface area contributed by atoms with Gasteiger partial charge in [-0.1, -0.05) is 36.8 Å². The summed E-state index contributed by atoms with van der Waals surface area (Å²) >= 11 is 0. The summed E-state index contributed by atoms with van der Waals surface area (Å²) in [5.74, 6) is -0.0114. The van der Waals surface area contributed by atoms with E-state index >= 15 is 0 Å². The first-order chi connectivity index (χ1) is 13.0. The average Bonchev–Trinajstić information content (AvgIpc) is 2.67. The summed E-state index contributed by atoms with van der Waals surface area (Å²) < 4.78 is 16.2. The third-order valence-electron chi connectivity index (χ3n) is 3.65. The van der Waals surface area contributed by atoms with E-state index in [1.54, 1.807) is 30.3 Å². The molecule has 0 heterocycles. The summed E-state index contributed by atoms with van der Waals surface area (Å²) in [6.45, 7) is 5.72. The molecule has 2 aromatic carbocycles. The van der Waals surface area contributed by atoms with Crippen molar-refractivity contribution in [2.24, 2.45) is 0 Å². The van der Waals surface area contributed by atoms with Crippen molar-refractivity contribution >= 4 is 17.6 Å². The third kappa shape index (κ3) is 6.66. The van der Waals surface area contributed by atoms with Crippen LogP contribution in [-0.2, 0) is 14.3 Å². The van der Waals surface area contributed by atoms with Gasteiger partial charge in [0.15, 0.2) is 24.2 Å². The van der Waals surface area contributed by atoms with Crippen LogP contribution < -0.4 is 14.8 Å². The normalized spacial score (nSPS) is 11.4. The number of esters is 1. The number of hydrogen-bond donors (Lipinski definition) is 1. The molecule has 6 heteroatoms. The van der Waals surface area contributed by atoms with Crippen LogP contribution in [0.4, 0.5) is 5.69 Å². The Kier molecular flexibility index (Phi) is 7.67. The van der Waals surface area contributed by atoms with Gasteiger partial charge in [0.25, 0.3) is 5.91 Å². The second-order valence-electron chi connectivity index (χ2n) is 6.07. The molecule has 1 N–H and O–H groups in total. The first kappa shape index (κ1) is 20.3. The maximum Gasteiger partial charge on any atom is 0.344 e. The number of para-hydroxylation sites is 2. The van der Waals surface area contributed by atoms with Gasteiger partial charge in [-0.15, -0.1) is 0 Å². The number of benzene rings is 2. The quantitative estimate of drug-likeness (QED) is 0.680. The molecule has 2 aromatic rings. The highest BCUT2D eigenvalue weighted by atomic mass is 16.6. The molecule has 0 unspecified atom stereocenters. The lowest BCUT2D eigenvalue weighted by Crippen LogP contribution is -2.31. The van der Waals surface area contributed by atoms with E-state index in [1.807, 2.05) is 32.0 Å². The molecule has 0 radical (unpaired) electrons. The summed E-state index contributed by atoms with van der Waals surface area (Å²) in [4.78, 5) is 24.1. The number of carbonyl (C=O) groups excluding carboxylic acids is 2. The van der Waals surface area contributed by atoms with Crippen LogP contribution in [0.15, 0.2) is 48.5 Å².